The summed E-state index contributed by atoms with van der Waals surface area (Å²) in [5.41, 5.74) is 0.534. The first-order valence-electron chi connectivity index (χ1n) is 6.33. The summed E-state index contributed by atoms with van der Waals surface area (Å²) in [5.74, 6) is -5.30. The van der Waals surface area contributed by atoms with Crippen LogP contribution in [-0.4, -0.2) is 11.8 Å². The van der Waals surface area contributed by atoms with Crippen molar-refractivity contribution in [3.63, 3.8) is 0 Å². The molecule has 2 amide bonds. The molecule has 0 radical (unpaired) electrons. The average molecular weight is 306 g/mol. The number of fused-ring (bicyclic) bond motifs is 1. The molecule has 3 rings (SSSR count). The van der Waals surface area contributed by atoms with E-state index in [2.05, 4.69) is 10.6 Å². The monoisotopic (exact) mass is 306 g/mol. The van der Waals surface area contributed by atoms with Crippen LogP contribution in [0.1, 0.15) is 15.9 Å². The molecular weight excluding hydrogens is 297 g/mol. The molecule has 2 N–H and O–H groups in total. The molecular formula is C15H9F3N2O2. The van der Waals surface area contributed by atoms with Crippen molar-refractivity contribution in [1.82, 2.24) is 0 Å². The highest BCUT2D eigenvalue weighted by atomic mass is 19.2. The fraction of sp³-hybridized carbons (Fsp3) is 0.0667. The molecule has 0 saturated heterocycles. The summed E-state index contributed by atoms with van der Waals surface area (Å²) in [6.07, 6.45) is 0.154. The first-order valence-corrected chi connectivity index (χ1v) is 6.33. The third-order valence-corrected chi connectivity index (χ3v) is 3.26. The van der Waals surface area contributed by atoms with Crippen molar-refractivity contribution in [3.8, 4) is 0 Å². The summed E-state index contributed by atoms with van der Waals surface area (Å²) in [4.78, 5) is 23.2. The third kappa shape index (κ3) is 2.41. The second-order valence-corrected chi connectivity index (χ2v) is 4.77. The molecule has 2 aromatic rings. The van der Waals surface area contributed by atoms with E-state index in [9.17, 15) is 22.8 Å². The number of rotatable bonds is 2. The number of benzene rings is 2. The van der Waals surface area contributed by atoms with Gasteiger partial charge < -0.3 is 10.6 Å². The molecule has 0 atom stereocenters. The number of carbonyl (C=O) groups excluding carboxylic acids is 2. The maximum atomic E-state index is 13.6. The number of hydrogen-bond donors (Lipinski definition) is 2. The van der Waals surface area contributed by atoms with Crippen LogP contribution in [0.3, 0.4) is 0 Å². The molecule has 0 aromatic heterocycles. The first kappa shape index (κ1) is 14.1. The molecule has 0 unspecified atom stereocenters. The summed E-state index contributed by atoms with van der Waals surface area (Å²) in [6.45, 7) is 0. The largest absolute Gasteiger partial charge is 0.326 e. The van der Waals surface area contributed by atoms with E-state index in [1.807, 2.05) is 0 Å². The Balaban J connectivity index is 1.88. The molecule has 0 bridgehead atoms. The van der Waals surface area contributed by atoms with Gasteiger partial charge in [0, 0.05) is 11.4 Å². The van der Waals surface area contributed by atoms with E-state index < -0.39 is 28.9 Å². The Morgan fingerprint density at radius 1 is 1.09 bits per heavy atom. The lowest BCUT2D eigenvalue weighted by molar-refractivity contribution is -0.115. The van der Waals surface area contributed by atoms with Crippen molar-refractivity contribution in [2.24, 2.45) is 0 Å². The van der Waals surface area contributed by atoms with Crippen molar-refractivity contribution in [2.75, 3.05) is 10.6 Å². The van der Waals surface area contributed by atoms with Gasteiger partial charge in [-0.3, -0.25) is 9.59 Å². The zero-order chi connectivity index (χ0) is 15.9. The Morgan fingerprint density at radius 3 is 2.59 bits per heavy atom. The molecule has 0 spiro atoms. The highest BCUT2D eigenvalue weighted by molar-refractivity contribution is 6.05. The van der Waals surface area contributed by atoms with Gasteiger partial charge in [-0.25, -0.2) is 13.2 Å². The maximum absolute atomic E-state index is 13.6. The molecule has 0 aliphatic carbocycles. The molecule has 0 fully saturated rings. The zero-order valence-electron chi connectivity index (χ0n) is 11.0. The second kappa shape index (κ2) is 5.18. The van der Waals surface area contributed by atoms with Crippen LogP contribution in [-0.2, 0) is 11.2 Å². The number of anilines is 2. The van der Waals surface area contributed by atoms with Gasteiger partial charge in [-0.05, 0) is 35.9 Å². The number of hydrogen-bond acceptors (Lipinski definition) is 2. The highest BCUT2D eigenvalue weighted by Crippen LogP contribution is 2.26. The van der Waals surface area contributed by atoms with Crippen molar-refractivity contribution >= 4 is 23.2 Å². The van der Waals surface area contributed by atoms with Gasteiger partial charge in [0.25, 0.3) is 5.91 Å². The summed E-state index contributed by atoms with van der Waals surface area (Å²) < 4.78 is 40.2. The van der Waals surface area contributed by atoms with Crippen LogP contribution in [0.5, 0.6) is 0 Å². The van der Waals surface area contributed by atoms with Crippen molar-refractivity contribution in [3.05, 3.63) is 58.9 Å². The van der Waals surface area contributed by atoms with Gasteiger partial charge in [0.2, 0.25) is 5.91 Å². The molecule has 0 saturated carbocycles. The molecule has 1 heterocycles. The van der Waals surface area contributed by atoms with Crippen molar-refractivity contribution in [2.45, 2.75) is 6.42 Å². The predicted molar refractivity (Wildman–Crippen MR) is 73.0 cm³/mol. The van der Waals surface area contributed by atoms with E-state index in [0.717, 1.165) is 0 Å². The molecule has 7 heteroatoms. The van der Waals surface area contributed by atoms with E-state index in [4.69, 9.17) is 0 Å². The summed E-state index contributed by atoms with van der Waals surface area (Å²) in [6, 6.07) is 5.83. The molecule has 1 aliphatic heterocycles. The maximum Gasteiger partial charge on any atom is 0.261 e. The molecule has 112 valence electrons. The highest BCUT2D eigenvalue weighted by Gasteiger charge is 2.22. The average Bonchev–Trinajstić information content (AvgIpc) is 2.82. The van der Waals surface area contributed by atoms with Gasteiger partial charge in [-0.15, -0.1) is 0 Å². The van der Waals surface area contributed by atoms with Gasteiger partial charge in [0.05, 0.1) is 6.42 Å². The van der Waals surface area contributed by atoms with Crippen LogP contribution in [0.4, 0.5) is 24.5 Å². The second-order valence-electron chi connectivity index (χ2n) is 4.77. The molecule has 22 heavy (non-hydrogen) atoms. The van der Waals surface area contributed by atoms with Crippen LogP contribution >= 0.6 is 0 Å². The van der Waals surface area contributed by atoms with Crippen LogP contribution in [0.15, 0.2) is 30.3 Å². The van der Waals surface area contributed by atoms with Crippen molar-refractivity contribution in [1.29, 1.82) is 0 Å². The Hall–Kier alpha value is -2.83. The number of halogens is 3. The van der Waals surface area contributed by atoms with E-state index in [0.29, 0.717) is 23.4 Å². The fourth-order valence-electron chi connectivity index (χ4n) is 2.24. The SMILES string of the molecule is O=C1Cc2cc(NC(=O)c3c(F)ccc(F)c3F)ccc2N1. The first-order chi connectivity index (χ1) is 10.5. The van der Waals surface area contributed by atoms with Gasteiger partial charge in [0.1, 0.15) is 11.4 Å². The lowest BCUT2D eigenvalue weighted by Gasteiger charge is -2.09. The van der Waals surface area contributed by atoms with Crippen LogP contribution in [0.25, 0.3) is 0 Å². The van der Waals surface area contributed by atoms with Gasteiger partial charge in [-0.1, -0.05) is 0 Å². The Labute approximate surface area is 122 Å². The minimum absolute atomic E-state index is 0.154. The number of carbonyl (C=O) groups is 2. The van der Waals surface area contributed by atoms with Gasteiger partial charge in [-0.2, -0.15) is 0 Å². The normalized spacial score (nSPS) is 12.8. The summed E-state index contributed by atoms with van der Waals surface area (Å²) in [7, 11) is 0. The number of nitrogens with one attached hydrogen (secondary N) is 2. The lowest BCUT2D eigenvalue weighted by atomic mass is 10.1. The molecule has 4 nitrogen and oxygen atoms in total. The van der Waals surface area contributed by atoms with Gasteiger partial charge in [0.15, 0.2) is 11.6 Å². The fourth-order valence-corrected chi connectivity index (χ4v) is 2.24. The van der Waals surface area contributed by atoms with E-state index in [1.54, 1.807) is 6.07 Å². The molecule has 2 aromatic carbocycles. The Kier molecular flexibility index (Phi) is 3.32. The lowest BCUT2D eigenvalue weighted by Crippen LogP contribution is -2.16. The van der Waals surface area contributed by atoms with Crippen molar-refractivity contribution < 1.29 is 22.8 Å². The standard InChI is InChI=1S/C15H9F3N2O2/c16-9-2-3-10(17)14(18)13(9)15(22)19-8-1-4-11-7(5-8)6-12(21)20-11/h1-5H,6H2,(H,19,22)(H,20,21). The predicted octanol–water partition coefficient (Wildman–Crippen LogP) is 2.85. The number of amides is 2. The Morgan fingerprint density at radius 2 is 1.82 bits per heavy atom. The minimum atomic E-state index is -1.55. The summed E-state index contributed by atoms with van der Waals surface area (Å²) >= 11 is 0. The smallest absolute Gasteiger partial charge is 0.261 e. The third-order valence-electron chi connectivity index (χ3n) is 3.26. The van der Waals surface area contributed by atoms with E-state index >= 15 is 0 Å². The van der Waals surface area contributed by atoms with Gasteiger partial charge >= 0.3 is 0 Å². The van der Waals surface area contributed by atoms with Crippen LogP contribution in [0, 0.1) is 17.5 Å². The van der Waals surface area contributed by atoms with Crippen LogP contribution in [0.2, 0.25) is 0 Å². The van der Waals surface area contributed by atoms with E-state index in [1.165, 1.54) is 12.1 Å². The Bertz CT molecular complexity index is 806. The quantitative estimate of drug-likeness (QED) is 0.838. The zero-order valence-corrected chi connectivity index (χ0v) is 11.0. The summed E-state index contributed by atoms with van der Waals surface area (Å²) in [5, 5.41) is 4.90. The molecule has 1 aliphatic rings. The topological polar surface area (TPSA) is 58.2 Å². The van der Waals surface area contributed by atoms with Crippen LogP contribution < -0.4 is 10.6 Å². The minimum Gasteiger partial charge on any atom is -0.326 e. The van der Waals surface area contributed by atoms with E-state index in [-0.39, 0.29) is 18.0 Å².